The molecule has 0 bridgehead atoms. The number of rotatable bonds is 11. The molecule has 12 heteroatoms. The molecule has 0 saturated carbocycles. The molecule has 3 amide bonds. The molecule has 2 aromatic carbocycles. The molecule has 2 aromatic heterocycles. The first-order valence-electron chi connectivity index (χ1n) is 12.5. The van der Waals surface area contributed by atoms with Crippen LogP contribution in [0.1, 0.15) is 45.3 Å². The van der Waals surface area contributed by atoms with Crippen LogP contribution in [0.2, 0.25) is 0 Å². The van der Waals surface area contributed by atoms with Gasteiger partial charge in [-0.05, 0) is 30.5 Å². The number of aryl methyl sites for hydroxylation is 3. The van der Waals surface area contributed by atoms with E-state index >= 15 is 0 Å². The number of ether oxygens (including phenoxy) is 2. The van der Waals surface area contributed by atoms with Gasteiger partial charge in [0.1, 0.15) is 17.9 Å². The van der Waals surface area contributed by atoms with E-state index in [1.807, 2.05) is 37.3 Å². The zero-order valence-corrected chi connectivity index (χ0v) is 22.1. The number of amides is 3. The number of nitrogens with zero attached hydrogens (tertiary/aromatic N) is 4. The summed E-state index contributed by atoms with van der Waals surface area (Å²) in [7, 11) is 3.22. The summed E-state index contributed by atoms with van der Waals surface area (Å²) >= 11 is 0. The van der Waals surface area contributed by atoms with E-state index in [4.69, 9.17) is 15.2 Å². The minimum absolute atomic E-state index is 0.169. The Morgan fingerprint density at radius 3 is 2.59 bits per heavy atom. The number of benzene rings is 2. The summed E-state index contributed by atoms with van der Waals surface area (Å²) in [4.78, 5) is 41.8. The van der Waals surface area contributed by atoms with E-state index in [9.17, 15) is 14.4 Å². The van der Waals surface area contributed by atoms with Gasteiger partial charge in [0.15, 0.2) is 0 Å². The SMILES string of the molecule is CCc1nn(C)cc1C(=O)Nc1nc2cc(C(N)=O)cc(OC)c2n1CCCNC(=O)OCc1ccccc1. The fourth-order valence-corrected chi connectivity index (χ4v) is 4.20. The summed E-state index contributed by atoms with van der Waals surface area (Å²) in [6.45, 7) is 2.76. The van der Waals surface area contributed by atoms with Gasteiger partial charge < -0.3 is 25.1 Å². The monoisotopic (exact) mass is 533 g/mol. The molecule has 0 radical (unpaired) electrons. The number of imidazole rings is 1. The second-order valence-corrected chi connectivity index (χ2v) is 8.81. The van der Waals surface area contributed by atoms with Crippen LogP contribution >= 0.6 is 0 Å². The second kappa shape index (κ2) is 12.1. The normalized spacial score (nSPS) is 10.8. The number of anilines is 1. The lowest BCUT2D eigenvalue weighted by Crippen LogP contribution is -2.26. The van der Waals surface area contributed by atoms with Crippen LogP contribution in [0.25, 0.3) is 11.0 Å². The summed E-state index contributed by atoms with van der Waals surface area (Å²) in [5, 5.41) is 9.93. The van der Waals surface area contributed by atoms with Crippen LogP contribution in [0.3, 0.4) is 0 Å². The summed E-state index contributed by atoms with van der Waals surface area (Å²) < 4.78 is 14.2. The van der Waals surface area contributed by atoms with E-state index in [2.05, 4.69) is 20.7 Å². The third kappa shape index (κ3) is 6.35. The highest BCUT2D eigenvalue weighted by molar-refractivity contribution is 6.05. The van der Waals surface area contributed by atoms with Crippen molar-refractivity contribution in [1.82, 2.24) is 24.6 Å². The van der Waals surface area contributed by atoms with E-state index in [1.54, 1.807) is 28.6 Å². The van der Waals surface area contributed by atoms with Crippen molar-refractivity contribution in [3.05, 3.63) is 71.0 Å². The molecule has 0 aliphatic rings. The highest BCUT2D eigenvalue weighted by Gasteiger charge is 2.21. The zero-order chi connectivity index (χ0) is 27.9. The van der Waals surface area contributed by atoms with E-state index in [1.165, 1.54) is 13.2 Å². The van der Waals surface area contributed by atoms with Gasteiger partial charge in [-0.15, -0.1) is 0 Å². The molecule has 4 aromatic rings. The molecule has 0 aliphatic carbocycles. The number of fused-ring (bicyclic) bond motifs is 1. The molecule has 4 N–H and O–H groups in total. The Labute approximate surface area is 225 Å². The smallest absolute Gasteiger partial charge is 0.407 e. The van der Waals surface area contributed by atoms with Gasteiger partial charge in [0.05, 0.1) is 23.9 Å². The van der Waals surface area contributed by atoms with E-state index < -0.39 is 12.0 Å². The van der Waals surface area contributed by atoms with Gasteiger partial charge in [0.25, 0.3) is 5.91 Å². The van der Waals surface area contributed by atoms with Crippen LogP contribution in [-0.4, -0.2) is 50.9 Å². The van der Waals surface area contributed by atoms with Crippen LogP contribution in [0, 0.1) is 0 Å². The number of nitrogens with one attached hydrogen (secondary N) is 2. The first-order chi connectivity index (χ1) is 18.8. The van der Waals surface area contributed by atoms with Crippen LogP contribution in [-0.2, 0) is 31.4 Å². The Morgan fingerprint density at radius 2 is 1.90 bits per heavy atom. The van der Waals surface area contributed by atoms with Crippen molar-refractivity contribution >= 4 is 34.9 Å². The Balaban J connectivity index is 1.53. The molecule has 2 heterocycles. The van der Waals surface area contributed by atoms with Crippen LogP contribution in [0.15, 0.2) is 48.7 Å². The van der Waals surface area contributed by atoms with E-state index in [0.29, 0.717) is 54.0 Å². The third-order valence-electron chi connectivity index (χ3n) is 6.06. The molecule has 0 spiro atoms. The predicted molar refractivity (Wildman–Crippen MR) is 145 cm³/mol. The maximum absolute atomic E-state index is 13.2. The number of hydrogen-bond donors (Lipinski definition) is 3. The van der Waals surface area contributed by atoms with Gasteiger partial charge in [-0.3, -0.25) is 19.6 Å². The number of aromatic nitrogens is 4. The van der Waals surface area contributed by atoms with Crippen molar-refractivity contribution in [1.29, 1.82) is 0 Å². The number of hydrogen-bond acceptors (Lipinski definition) is 7. The van der Waals surface area contributed by atoms with Gasteiger partial charge >= 0.3 is 6.09 Å². The number of carbonyl (C=O) groups is 3. The van der Waals surface area contributed by atoms with Gasteiger partial charge in [0, 0.05) is 31.9 Å². The van der Waals surface area contributed by atoms with E-state index in [-0.39, 0.29) is 24.0 Å². The van der Waals surface area contributed by atoms with Gasteiger partial charge in [0.2, 0.25) is 11.9 Å². The molecular formula is C27H31N7O5. The number of primary amides is 1. The molecule has 0 unspecified atom stereocenters. The molecular weight excluding hydrogens is 502 g/mol. The number of nitrogens with two attached hydrogens (primary N) is 1. The topological polar surface area (TPSA) is 155 Å². The Morgan fingerprint density at radius 1 is 1.13 bits per heavy atom. The molecule has 204 valence electrons. The number of methoxy groups -OCH3 is 1. The fraction of sp³-hybridized carbons (Fsp3) is 0.296. The maximum atomic E-state index is 13.2. The number of carbonyl (C=O) groups excluding carboxylic acids is 3. The fourth-order valence-electron chi connectivity index (χ4n) is 4.20. The van der Waals surface area contributed by atoms with Crippen molar-refractivity contribution in [2.24, 2.45) is 12.8 Å². The average Bonchev–Trinajstić information content (AvgIpc) is 3.49. The van der Waals surface area contributed by atoms with Crippen molar-refractivity contribution in [3.8, 4) is 5.75 Å². The third-order valence-corrected chi connectivity index (χ3v) is 6.06. The van der Waals surface area contributed by atoms with Crippen LogP contribution < -0.4 is 21.1 Å². The summed E-state index contributed by atoms with van der Waals surface area (Å²) in [6, 6.07) is 12.5. The Hall–Kier alpha value is -4.87. The van der Waals surface area contributed by atoms with Crippen molar-refractivity contribution in [2.75, 3.05) is 19.0 Å². The summed E-state index contributed by atoms with van der Waals surface area (Å²) in [6.07, 6.45) is 2.19. The molecule has 0 saturated heterocycles. The van der Waals surface area contributed by atoms with Crippen molar-refractivity contribution in [3.63, 3.8) is 0 Å². The predicted octanol–water partition coefficient (Wildman–Crippen LogP) is 3.01. The summed E-state index contributed by atoms with van der Waals surface area (Å²) in [5.74, 6) is -0.364. The molecule has 0 atom stereocenters. The lowest BCUT2D eigenvalue weighted by molar-refractivity contribution is 0.0997. The summed E-state index contributed by atoms with van der Waals surface area (Å²) in [5.41, 5.74) is 8.70. The zero-order valence-electron chi connectivity index (χ0n) is 22.1. The van der Waals surface area contributed by atoms with Gasteiger partial charge in [-0.25, -0.2) is 9.78 Å². The largest absolute Gasteiger partial charge is 0.494 e. The highest BCUT2D eigenvalue weighted by atomic mass is 16.5. The molecule has 12 nitrogen and oxygen atoms in total. The lowest BCUT2D eigenvalue weighted by Gasteiger charge is -2.13. The van der Waals surface area contributed by atoms with Gasteiger partial charge in [-0.2, -0.15) is 5.10 Å². The minimum atomic E-state index is -0.628. The molecule has 0 aliphatic heterocycles. The van der Waals surface area contributed by atoms with Crippen LogP contribution in [0.5, 0.6) is 5.75 Å². The first-order valence-corrected chi connectivity index (χ1v) is 12.5. The minimum Gasteiger partial charge on any atom is -0.494 e. The Bertz CT molecular complexity index is 1490. The lowest BCUT2D eigenvalue weighted by atomic mass is 10.1. The van der Waals surface area contributed by atoms with Crippen LogP contribution in [0.4, 0.5) is 10.7 Å². The van der Waals surface area contributed by atoms with Crippen molar-refractivity contribution < 1.29 is 23.9 Å². The first kappa shape index (κ1) is 27.2. The maximum Gasteiger partial charge on any atom is 0.407 e. The van der Waals surface area contributed by atoms with E-state index in [0.717, 1.165) is 5.56 Å². The van der Waals surface area contributed by atoms with Crippen molar-refractivity contribution in [2.45, 2.75) is 32.9 Å². The second-order valence-electron chi connectivity index (χ2n) is 8.81. The molecule has 0 fully saturated rings. The highest BCUT2D eigenvalue weighted by Crippen LogP contribution is 2.31. The Kier molecular flexibility index (Phi) is 8.44. The quantitative estimate of drug-likeness (QED) is 0.250. The number of alkyl carbamates (subject to hydrolysis) is 1. The van der Waals surface area contributed by atoms with Gasteiger partial charge in [-0.1, -0.05) is 37.3 Å². The molecule has 39 heavy (non-hydrogen) atoms. The average molecular weight is 534 g/mol. The standard InChI is InChI=1S/C27H31N7O5/c1-4-20-19(15-33(2)32-20)25(36)31-26-30-21-13-18(24(28)35)14-22(38-3)23(21)34(26)12-8-11-29-27(37)39-16-17-9-6-5-7-10-17/h5-7,9-10,13-15H,4,8,11-12,16H2,1-3H3,(H2,28,35)(H,29,37)(H,30,31,36). The molecule has 4 rings (SSSR count).